The molecule has 8 heteroatoms. The fourth-order valence-corrected chi connectivity index (χ4v) is 1.61. The van der Waals surface area contributed by atoms with E-state index in [0.717, 1.165) is 18.7 Å². The standard InChI is InChI=1S/C11H16N6O2/c1-9-6-13-16(7-9)4-2-12-3-5-17-8-10(11(18)19)14-15-17/h6-8,12H,2-5H2,1H3,(H,18,19). The molecule has 0 spiro atoms. The maximum Gasteiger partial charge on any atom is 0.358 e. The summed E-state index contributed by atoms with van der Waals surface area (Å²) in [5.74, 6) is -1.06. The van der Waals surface area contributed by atoms with Crippen molar-refractivity contribution in [3.63, 3.8) is 0 Å². The number of carboxylic acids is 1. The highest BCUT2D eigenvalue weighted by molar-refractivity contribution is 5.84. The molecule has 102 valence electrons. The van der Waals surface area contributed by atoms with Crippen molar-refractivity contribution in [2.24, 2.45) is 0 Å². The lowest BCUT2D eigenvalue weighted by Crippen LogP contribution is -2.24. The van der Waals surface area contributed by atoms with E-state index in [4.69, 9.17) is 5.11 Å². The Kier molecular flexibility index (Phi) is 4.24. The second-order valence-electron chi connectivity index (χ2n) is 4.20. The topological polar surface area (TPSA) is 97.9 Å². The van der Waals surface area contributed by atoms with Gasteiger partial charge in [-0.25, -0.2) is 4.79 Å². The van der Waals surface area contributed by atoms with Gasteiger partial charge >= 0.3 is 5.97 Å². The van der Waals surface area contributed by atoms with Gasteiger partial charge in [-0.3, -0.25) is 9.36 Å². The van der Waals surface area contributed by atoms with Gasteiger partial charge in [-0.2, -0.15) is 5.10 Å². The molecule has 0 fully saturated rings. The first-order chi connectivity index (χ1) is 9.15. The quantitative estimate of drug-likeness (QED) is 0.670. The summed E-state index contributed by atoms with van der Waals surface area (Å²) in [7, 11) is 0. The van der Waals surface area contributed by atoms with Crippen LogP contribution in [0, 0.1) is 6.92 Å². The lowest BCUT2D eigenvalue weighted by atomic mass is 10.4. The number of nitrogens with one attached hydrogen (secondary N) is 1. The molecule has 0 saturated heterocycles. The average Bonchev–Trinajstić information content (AvgIpc) is 2.98. The van der Waals surface area contributed by atoms with Gasteiger partial charge in [-0.15, -0.1) is 5.10 Å². The number of hydrogen-bond acceptors (Lipinski definition) is 5. The Morgan fingerprint density at radius 3 is 2.63 bits per heavy atom. The van der Waals surface area contributed by atoms with Crippen LogP contribution in [-0.2, 0) is 13.1 Å². The number of carboxylic acid groups (broad SMARTS) is 1. The van der Waals surface area contributed by atoms with Crippen molar-refractivity contribution in [3.05, 3.63) is 29.8 Å². The minimum atomic E-state index is -1.06. The van der Waals surface area contributed by atoms with Gasteiger partial charge in [0.25, 0.3) is 0 Å². The third-order valence-corrected chi connectivity index (χ3v) is 2.56. The molecule has 0 aromatic carbocycles. The smallest absolute Gasteiger partial charge is 0.358 e. The van der Waals surface area contributed by atoms with Gasteiger partial charge in [0.05, 0.1) is 25.5 Å². The van der Waals surface area contributed by atoms with Crippen LogP contribution in [0.4, 0.5) is 0 Å². The average molecular weight is 264 g/mol. The summed E-state index contributed by atoms with van der Waals surface area (Å²) < 4.78 is 3.38. The number of rotatable bonds is 7. The van der Waals surface area contributed by atoms with Gasteiger partial charge in [0.1, 0.15) is 0 Å². The lowest BCUT2D eigenvalue weighted by Gasteiger charge is -2.04. The number of aromatic nitrogens is 5. The van der Waals surface area contributed by atoms with Crippen molar-refractivity contribution in [1.82, 2.24) is 30.1 Å². The van der Waals surface area contributed by atoms with Crippen molar-refractivity contribution in [3.8, 4) is 0 Å². The van der Waals surface area contributed by atoms with Crippen LogP contribution in [0.1, 0.15) is 16.1 Å². The van der Waals surface area contributed by atoms with Crippen molar-refractivity contribution >= 4 is 5.97 Å². The SMILES string of the molecule is Cc1cnn(CCNCCn2cc(C(=O)O)nn2)c1. The first-order valence-corrected chi connectivity index (χ1v) is 5.98. The Hall–Kier alpha value is -2.22. The van der Waals surface area contributed by atoms with Crippen LogP contribution >= 0.6 is 0 Å². The lowest BCUT2D eigenvalue weighted by molar-refractivity contribution is 0.0690. The van der Waals surface area contributed by atoms with Crippen LogP contribution in [0.5, 0.6) is 0 Å². The highest BCUT2D eigenvalue weighted by atomic mass is 16.4. The number of aryl methyl sites for hydroxylation is 1. The van der Waals surface area contributed by atoms with Crippen LogP contribution < -0.4 is 5.32 Å². The molecule has 0 saturated carbocycles. The van der Waals surface area contributed by atoms with E-state index >= 15 is 0 Å². The van der Waals surface area contributed by atoms with Crippen LogP contribution in [0.3, 0.4) is 0 Å². The largest absolute Gasteiger partial charge is 0.476 e. The number of nitrogens with zero attached hydrogens (tertiary/aromatic N) is 5. The molecule has 0 atom stereocenters. The molecule has 0 radical (unpaired) electrons. The van der Waals surface area contributed by atoms with E-state index in [0.29, 0.717) is 13.1 Å². The van der Waals surface area contributed by atoms with E-state index in [1.165, 1.54) is 10.9 Å². The van der Waals surface area contributed by atoms with Gasteiger partial charge in [-0.1, -0.05) is 5.21 Å². The van der Waals surface area contributed by atoms with Crippen LogP contribution in [0.25, 0.3) is 0 Å². The monoisotopic (exact) mass is 264 g/mol. The predicted molar refractivity (Wildman–Crippen MR) is 66.8 cm³/mol. The van der Waals surface area contributed by atoms with Gasteiger partial charge in [0.2, 0.25) is 0 Å². The molecule has 0 unspecified atom stereocenters. The predicted octanol–water partition coefficient (Wildman–Crippen LogP) is -0.229. The van der Waals surface area contributed by atoms with E-state index in [2.05, 4.69) is 20.7 Å². The maximum absolute atomic E-state index is 10.6. The molecule has 0 aliphatic rings. The third-order valence-electron chi connectivity index (χ3n) is 2.56. The van der Waals surface area contributed by atoms with Crippen LogP contribution in [0.15, 0.2) is 18.6 Å². The van der Waals surface area contributed by atoms with Crippen molar-refractivity contribution in [2.75, 3.05) is 13.1 Å². The first kappa shape index (κ1) is 13.2. The molecule has 2 heterocycles. The molecular formula is C11H16N6O2. The first-order valence-electron chi connectivity index (χ1n) is 5.98. The molecule has 2 aromatic rings. The molecule has 2 aromatic heterocycles. The molecule has 8 nitrogen and oxygen atoms in total. The Balaban J connectivity index is 1.65. The zero-order chi connectivity index (χ0) is 13.7. The van der Waals surface area contributed by atoms with Crippen LogP contribution in [0.2, 0.25) is 0 Å². The zero-order valence-corrected chi connectivity index (χ0v) is 10.7. The normalized spacial score (nSPS) is 10.8. The van der Waals surface area contributed by atoms with E-state index in [1.807, 2.05) is 24.0 Å². The molecule has 0 aliphatic heterocycles. The van der Waals surface area contributed by atoms with E-state index in [9.17, 15) is 4.79 Å². The molecule has 19 heavy (non-hydrogen) atoms. The second kappa shape index (κ2) is 6.10. The third kappa shape index (κ3) is 3.88. The number of hydrogen-bond donors (Lipinski definition) is 2. The summed E-state index contributed by atoms with van der Waals surface area (Å²) in [5, 5.41) is 23.4. The summed E-state index contributed by atoms with van der Waals surface area (Å²) in [5.41, 5.74) is 1.11. The summed E-state index contributed by atoms with van der Waals surface area (Å²) in [4.78, 5) is 10.6. The molecule has 2 N–H and O–H groups in total. The number of aromatic carboxylic acids is 1. The molecule has 0 bridgehead atoms. The summed E-state index contributed by atoms with van der Waals surface area (Å²) in [6, 6.07) is 0. The summed E-state index contributed by atoms with van der Waals surface area (Å²) in [6.07, 6.45) is 5.22. The summed E-state index contributed by atoms with van der Waals surface area (Å²) >= 11 is 0. The number of carbonyl (C=O) groups is 1. The Bertz CT molecular complexity index is 547. The molecule has 0 aliphatic carbocycles. The van der Waals surface area contributed by atoms with Gasteiger partial charge < -0.3 is 10.4 Å². The minimum absolute atomic E-state index is 0.0352. The Morgan fingerprint density at radius 2 is 2.05 bits per heavy atom. The molecular weight excluding hydrogens is 248 g/mol. The fourth-order valence-electron chi connectivity index (χ4n) is 1.61. The summed E-state index contributed by atoms with van der Waals surface area (Å²) in [6.45, 7) is 4.87. The van der Waals surface area contributed by atoms with Crippen LogP contribution in [-0.4, -0.2) is 48.9 Å². The van der Waals surface area contributed by atoms with E-state index in [1.54, 1.807) is 0 Å². The Labute approximate surface area is 110 Å². The van der Waals surface area contributed by atoms with Crippen molar-refractivity contribution < 1.29 is 9.90 Å². The highest BCUT2D eigenvalue weighted by Gasteiger charge is 2.07. The van der Waals surface area contributed by atoms with Gasteiger partial charge in [0.15, 0.2) is 5.69 Å². The van der Waals surface area contributed by atoms with Crippen molar-refractivity contribution in [2.45, 2.75) is 20.0 Å². The van der Waals surface area contributed by atoms with E-state index < -0.39 is 5.97 Å². The maximum atomic E-state index is 10.6. The Morgan fingerprint density at radius 1 is 1.32 bits per heavy atom. The van der Waals surface area contributed by atoms with Gasteiger partial charge in [0, 0.05) is 19.3 Å². The minimum Gasteiger partial charge on any atom is -0.476 e. The molecule has 0 amide bonds. The highest BCUT2D eigenvalue weighted by Crippen LogP contribution is 1.93. The van der Waals surface area contributed by atoms with Crippen molar-refractivity contribution in [1.29, 1.82) is 0 Å². The van der Waals surface area contributed by atoms with E-state index in [-0.39, 0.29) is 5.69 Å². The van der Waals surface area contributed by atoms with Gasteiger partial charge in [-0.05, 0) is 12.5 Å². The fraction of sp³-hybridized carbons (Fsp3) is 0.455. The molecule has 2 rings (SSSR count). The second-order valence-corrected chi connectivity index (χ2v) is 4.20. The zero-order valence-electron chi connectivity index (χ0n) is 10.7.